The number of anilines is 1. The second kappa shape index (κ2) is 8.52. The number of carbonyl (C=O) groups is 1. The van der Waals surface area contributed by atoms with E-state index < -0.39 is 0 Å². The van der Waals surface area contributed by atoms with Gasteiger partial charge in [0.2, 0.25) is 0 Å². The molecule has 2 N–H and O–H groups in total. The van der Waals surface area contributed by atoms with Crippen molar-refractivity contribution in [2.75, 3.05) is 19.0 Å². The van der Waals surface area contributed by atoms with Crippen molar-refractivity contribution in [3.8, 4) is 0 Å². The van der Waals surface area contributed by atoms with Crippen LogP contribution in [0.1, 0.15) is 51.6 Å². The van der Waals surface area contributed by atoms with Crippen LogP contribution in [-0.2, 0) is 9.53 Å². The van der Waals surface area contributed by atoms with Crippen LogP contribution in [0.15, 0.2) is 35.5 Å². The molecular weight excluding hydrogens is 370 g/mol. The smallest absolute Gasteiger partial charge is 0.338 e. The van der Waals surface area contributed by atoms with Gasteiger partial charge in [-0.2, -0.15) is 0 Å². The Morgan fingerprint density at radius 1 is 1.14 bits per heavy atom. The van der Waals surface area contributed by atoms with E-state index in [0.29, 0.717) is 22.5 Å². The fourth-order valence-corrected chi connectivity index (χ4v) is 4.27. The topological polar surface area (TPSA) is 53.6 Å². The molecule has 6 heteroatoms. The van der Waals surface area contributed by atoms with Crippen LogP contribution in [0.4, 0.5) is 5.69 Å². The third-order valence-electron chi connectivity index (χ3n) is 6.06. The molecule has 0 amide bonds. The van der Waals surface area contributed by atoms with E-state index in [4.69, 9.17) is 17.0 Å². The van der Waals surface area contributed by atoms with Gasteiger partial charge in [-0.3, -0.25) is 0 Å². The fourth-order valence-electron chi connectivity index (χ4n) is 4.00. The number of nitrogens with one attached hydrogen (secondary N) is 2. The van der Waals surface area contributed by atoms with Crippen LogP contribution in [0.3, 0.4) is 0 Å². The Morgan fingerprint density at radius 2 is 1.82 bits per heavy atom. The molecule has 1 heterocycles. The molecule has 1 aliphatic carbocycles. The minimum atomic E-state index is -0.308. The fraction of sp³-hybridized carbons (Fsp3) is 0.545. The zero-order valence-electron chi connectivity index (χ0n) is 17.4. The summed E-state index contributed by atoms with van der Waals surface area (Å²) < 4.78 is 5.94. The molecule has 4 atom stereocenters. The van der Waals surface area contributed by atoms with Gasteiger partial charge in [0.15, 0.2) is 5.11 Å². The maximum atomic E-state index is 13.1. The van der Waals surface area contributed by atoms with Gasteiger partial charge in [-0.05, 0) is 67.9 Å². The Balaban J connectivity index is 1.82. The number of hydrogen-bond acceptors (Lipinski definition) is 4. The molecule has 1 aliphatic heterocycles. The molecule has 0 radical (unpaired) electrons. The molecule has 0 unspecified atom stereocenters. The molecule has 1 fully saturated rings. The zero-order chi connectivity index (χ0) is 20.4. The van der Waals surface area contributed by atoms with Crippen LogP contribution in [-0.4, -0.2) is 31.3 Å². The lowest BCUT2D eigenvalue weighted by Crippen LogP contribution is -2.45. The first-order chi connectivity index (χ1) is 13.3. The highest BCUT2D eigenvalue weighted by Crippen LogP contribution is 2.33. The largest absolute Gasteiger partial charge is 0.459 e. The number of carbonyl (C=O) groups excluding carboxylic acids is 1. The van der Waals surface area contributed by atoms with E-state index in [-0.39, 0.29) is 18.1 Å². The van der Waals surface area contributed by atoms with Crippen molar-refractivity contribution in [1.29, 1.82) is 0 Å². The van der Waals surface area contributed by atoms with Gasteiger partial charge in [0.1, 0.15) is 6.10 Å². The van der Waals surface area contributed by atoms with Gasteiger partial charge in [0.25, 0.3) is 0 Å². The summed E-state index contributed by atoms with van der Waals surface area (Å²) in [6.45, 7) is 6.40. The molecule has 152 valence electrons. The first-order valence-electron chi connectivity index (χ1n) is 10.0. The van der Waals surface area contributed by atoms with Crippen molar-refractivity contribution >= 4 is 29.0 Å². The number of ether oxygens (including phenoxy) is 1. The Bertz CT molecular complexity index is 772. The lowest BCUT2D eigenvalue weighted by molar-refractivity contribution is -0.147. The minimum Gasteiger partial charge on any atom is -0.459 e. The molecule has 1 saturated carbocycles. The highest BCUT2D eigenvalue weighted by atomic mass is 32.1. The van der Waals surface area contributed by atoms with E-state index in [1.807, 2.05) is 50.2 Å². The highest BCUT2D eigenvalue weighted by Gasteiger charge is 2.34. The van der Waals surface area contributed by atoms with E-state index in [9.17, 15) is 4.79 Å². The van der Waals surface area contributed by atoms with Crippen molar-refractivity contribution in [2.24, 2.45) is 11.8 Å². The summed E-state index contributed by atoms with van der Waals surface area (Å²) in [7, 11) is 4.01. The molecule has 2 aliphatic rings. The maximum absolute atomic E-state index is 13.1. The van der Waals surface area contributed by atoms with Crippen molar-refractivity contribution in [3.63, 3.8) is 0 Å². The van der Waals surface area contributed by atoms with Crippen molar-refractivity contribution < 1.29 is 9.53 Å². The third kappa shape index (κ3) is 4.49. The molecule has 28 heavy (non-hydrogen) atoms. The van der Waals surface area contributed by atoms with Gasteiger partial charge in [0.05, 0.1) is 11.6 Å². The summed E-state index contributed by atoms with van der Waals surface area (Å²) >= 11 is 5.34. The predicted octanol–water partition coefficient (Wildman–Crippen LogP) is 3.91. The Hall–Kier alpha value is -2.08. The number of esters is 1. The van der Waals surface area contributed by atoms with E-state index in [1.54, 1.807) is 0 Å². The van der Waals surface area contributed by atoms with Gasteiger partial charge >= 0.3 is 5.97 Å². The normalized spacial score (nSPS) is 27.7. The minimum absolute atomic E-state index is 0.00959. The van der Waals surface area contributed by atoms with Crippen LogP contribution < -0.4 is 15.5 Å². The average Bonchev–Trinajstić information content (AvgIpc) is 2.64. The van der Waals surface area contributed by atoms with Gasteiger partial charge in [-0.15, -0.1) is 0 Å². The summed E-state index contributed by atoms with van der Waals surface area (Å²) in [6, 6.07) is 7.85. The SMILES string of the molecule is CC1=C(C(=O)O[C@@H]2CC[C@H](C)[C@@H](C)C2)[C@@H](c2ccc(N(C)C)cc2)NC(=S)N1. The van der Waals surface area contributed by atoms with Crippen molar-refractivity contribution in [1.82, 2.24) is 10.6 Å². The molecule has 0 spiro atoms. The monoisotopic (exact) mass is 401 g/mol. The van der Waals surface area contributed by atoms with E-state index >= 15 is 0 Å². The van der Waals surface area contributed by atoms with Crippen LogP contribution >= 0.6 is 12.2 Å². The van der Waals surface area contributed by atoms with Crippen LogP contribution in [0.5, 0.6) is 0 Å². The Morgan fingerprint density at radius 3 is 2.43 bits per heavy atom. The number of rotatable bonds is 4. The molecule has 0 aromatic heterocycles. The Kier molecular flexibility index (Phi) is 6.28. The summed E-state index contributed by atoms with van der Waals surface area (Å²) in [6.07, 6.45) is 2.96. The number of benzene rings is 1. The number of hydrogen-bond donors (Lipinski definition) is 2. The van der Waals surface area contributed by atoms with Crippen molar-refractivity contribution in [2.45, 2.75) is 52.2 Å². The van der Waals surface area contributed by atoms with E-state index in [1.165, 1.54) is 0 Å². The third-order valence-corrected chi connectivity index (χ3v) is 6.28. The highest BCUT2D eigenvalue weighted by molar-refractivity contribution is 7.80. The molecule has 0 bridgehead atoms. The standard InChI is InChI=1S/C22H31N3O2S/c1-13-6-11-18(12-14(13)2)27-21(26)19-15(3)23-22(28)24-20(19)16-7-9-17(10-8-16)25(4)5/h7-10,13-14,18,20H,6,11-12H2,1-5H3,(H2,23,24,28)/t13-,14-,18+,20+/m0/s1. The zero-order valence-corrected chi connectivity index (χ0v) is 18.2. The molecule has 3 rings (SSSR count). The van der Waals surface area contributed by atoms with Crippen LogP contribution in [0, 0.1) is 11.8 Å². The second-order valence-electron chi connectivity index (χ2n) is 8.35. The summed E-state index contributed by atoms with van der Waals surface area (Å²) in [5.74, 6) is 1.01. The summed E-state index contributed by atoms with van der Waals surface area (Å²) in [4.78, 5) is 15.2. The van der Waals surface area contributed by atoms with E-state index in [0.717, 1.165) is 36.2 Å². The van der Waals surface area contributed by atoms with Crippen molar-refractivity contribution in [3.05, 3.63) is 41.1 Å². The van der Waals surface area contributed by atoms with E-state index in [2.05, 4.69) is 24.5 Å². The molecule has 0 saturated heterocycles. The molecule has 1 aromatic carbocycles. The average molecular weight is 402 g/mol. The quantitative estimate of drug-likeness (QED) is 0.589. The molecule has 1 aromatic rings. The van der Waals surface area contributed by atoms with Gasteiger partial charge in [-0.1, -0.05) is 26.0 Å². The summed E-state index contributed by atoms with van der Waals surface area (Å²) in [5.41, 5.74) is 3.46. The lowest BCUT2D eigenvalue weighted by atomic mass is 9.80. The first-order valence-corrected chi connectivity index (χ1v) is 10.4. The number of nitrogens with zero attached hydrogens (tertiary/aromatic N) is 1. The number of allylic oxidation sites excluding steroid dienone is 1. The van der Waals surface area contributed by atoms with Gasteiger partial charge < -0.3 is 20.3 Å². The predicted molar refractivity (Wildman–Crippen MR) is 117 cm³/mol. The van der Waals surface area contributed by atoms with Crippen LogP contribution in [0.25, 0.3) is 0 Å². The maximum Gasteiger partial charge on any atom is 0.338 e. The molecule has 5 nitrogen and oxygen atoms in total. The first kappa shape index (κ1) is 20.6. The Labute approximate surface area is 173 Å². The van der Waals surface area contributed by atoms with Gasteiger partial charge in [0, 0.05) is 25.5 Å². The second-order valence-corrected chi connectivity index (χ2v) is 8.76. The number of thiocarbonyl (C=S) groups is 1. The summed E-state index contributed by atoms with van der Waals surface area (Å²) in [5, 5.41) is 6.85. The van der Waals surface area contributed by atoms with Gasteiger partial charge in [-0.25, -0.2) is 4.79 Å². The lowest BCUT2D eigenvalue weighted by Gasteiger charge is -2.34. The molecular formula is C22H31N3O2S. The van der Waals surface area contributed by atoms with Crippen LogP contribution in [0.2, 0.25) is 0 Å².